The lowest BCUT2D eigenvalue weighted by atomic mass is 10.0. The van der Waals surface area contributed by atoms with Gasteiger partial charge in [0.2, 0.25) is 0 Å². The minimum Gasteiger partial charge on any atom is -0.331 e. The smallest absolute Gasteiger partial charge is 0.319 e. The molecule has 2 atom stereocenters. The van der Waals surface area contributed by atoms with Crippen LogP contribution in [0.1, 0.15) is 10.4 Å². The van der Waals surface area contributed by atoms with Crippen molar-refractivity contribution in [2.24, 2.45) is 0 Å². The third-order valence-electron chi connectivity index (χ3n) is 4.61. The number of carbonyl (C=O) groups is 2. The second-order valence-electron chi connectivity index (χ2n) is 6.49. The van der Waals surface area contributed by atoms with Crippen molar-refractivity contribution < 1.29 is 18.0 Å². The van der Waals surface area contributed by atoms with E-state index in [-0.39, 0.29) is 36.2 Å². The topological polar surface area (TPSA) is 111 Å². The lowest BCUT2D eigenvalue weighted by molar-refractivity contribution is 0.0392. The fourth-order valence-corrected chi connectivity index (χ4v) is 5.43. The molecule has 0 aliphatic carbocycles. The van der Waals surface area contributed by atoms with Gasteiger partial charge < -0.3 is 19.7 Å². The number of hydrogen-bond acceptors (Lipinski definition) is 5. The lowest BCUT2D eigenvalue weighted by Gasteiger charge is -2.44. The van der Waals surface area contributed by atoms with E-state index in [2.05, 4.69) is 4.98 Å². The van der Waals surface area contributed by atoms with E-state index < -0.39 is 33.4 Å². The van der Waals surface area contributed by atoms with Gasteiger partial charge in [-0.25, -0.2) is 13.2 Å². The summed E-state index contributed by atoms with van der Waals surface area (Å²) in [4.78, 5) is 43.8. The van der Waals surface area contributed by atoms with Crippen LogP contribution in [0.25, 0.3) is 0 Å². The lowest BCUT2D eigenvalue weighted by Crippen LogP contribution is -2.63. The summed E-state index contributed by atoms with van der Waals surface area (Å²) in [5, 5.41) is 0. The highest BCUT2D eigenvalue weighted by Gasteiger charge is 2.50. The van der Waals surface area contributed by atoms with E-state index in [4.69, 9.17) is 0 Å². The summed E-state index contributed by atoms with van der Waals surface area (Å²) in [7, 11) is -0.174. The molecule has 2 aliphatic rings. The van der Waals surface area contributed by atoms with Crippen LogP contribution in [0.3, 0.4) is 0 Å². The fourth-order valence-electron chi connectivity index (χ4n) is 3.44. The Kier molecular flexibility index (Phi) is 4.31. The number of rotatable bonds is 1. The number of aromatic nitrogens is 1. The van der Waals surface area contributed by atoms with Crippen LogP contribution in [-0.4, -0.2) is 90.8 Å². The number of H-pyrrole nitrogens is 1. The average molecular weight is 368 g/mol. The molecule has 10 heteroatoms. The summed E-state index contributed by atoms with van der Waals surface area (Å²) in [6, 6.07) is 1.44. The molecule has 136 valence electrons. The zero-order valence-corrected chi connectivity index (χ0v) is 14.8. The Balaban J connectivity index is 1.94. The Morgan fingerprint density at radius 3 is 2.36 bits per heavy atom. The Labute approximate surface area is 145 Å². The van der Waals surface area contributed by atoms with Gasteiger partial charge in [-0.3, -0.25) is 9.59 Å². The number of carbonyl (C=O) groups excluding carboxylic acids is 2. The standard InChI is InChI=1S/C15H20N4O5S/c1-17(2)15(22)19-7-6-18(11-8-25(23,24)9-12(11)19)14(21)10-4-3-5-16-13(10)20/h3-5,11-12H,6-9H2,1-2H3,(H,16,20)/t11-,12+/m0/s1. The number of amides is 3. The van der Waals surface area contributed by atoms with Gasteiger partial charge in [0.1, 0.15) is 5.56 Å². The number of piperazine rings is 1. The van der Waals surface area contributed by atoms with Crippen molar-refractivity contribution in [3.8, 4) is 0 Å². The fraction of sp³-hybridized carbons (Fsp3) is 0.533. The van der Waals surface area contributed by atoms with Gasteiger partial charge in [0.25, 0.3) is 11.5 Å². The van der Waals surface area contributed by atoms with Gasteiger partial charge in [-0.15, -0.1) is 0 Å². The first-order chi connectivity index (χ1) is 11.7. The van der Waals surface area contributed by atoms with Crippen molar-refractivity contribution in [2.75, 3.05) is 38.7 Å². The second kappa shape index (κ2) is 6.17. The summed E-state index contributed by atoms with van der Waals surface area (Å²) in [5.41, 5.74) is -0.547. The Morgan fingerprint density at radius 1 is 1.16 bits per heavy atom. The third-order valence-corrected chi connectivity index (χ3v) is 6.31. The average Bonchev–Trinajstić information content (AvgIpc) is 2.87. The highest BCUT2D eigenvalue weighted by Crippen LogP contribution is 2.28. The quantitative estimate of drug-likeness (QED) is 0.682. The molecule has 25 heavy (non-hydrogen) atoms. The van der Waals surface area contributed by atoms with Gasteiger partial charge in [-0.1, -0.05) is 0 Å². The van der Waals surface area contributed by atoms with E-state index in [9.17, 15) is 22.8 Å². The molecule has 1 aromatic rings. The summed E-state index contributed by atoms with van der Waals surface area (Å²) in [6.07, 6.45) is 1.43. The van der Waals surface area contributed by atoms with E-state index in [1.54, 1.807) is 20.2 Å². The van der Waals surface area contributed by atoms with Crippen LogP contribution in [0.2, 0.25) is 0 Å². The van der Waals surface area contributed by atoms with E-state index in [1.807, 2.05) is 0 Å². The van der Waals surface area contributed by atoms with E-state index in [0.29, 0.717) is 0 Å². The van der Waals surface area contributed by atoms with Crippen molar-refractivity contribution in [2.45, 2.75) is 12.1 Å². The van der Waals surface area contributed by atoms with Crippen LogP contribution < -0.4 is 5.56 Å². The van der Waals surface area contributed by atoms with Crippen LogP contribution in [0, 0.1) is 0 Å². The second-order valence-corrected chi connectivity index (χ2v) is 8.65. The first-order valence-electron chi connectivity index (χ1n) is 7.88. The molecule has 3 rings (SSSR count). The molecule has 0 unspecified atom stereocenters. The van der Waals surface area contributed by atoms with Gasteiger partial charge in [-0.2, -0.15) is 0 Å². The van der Waals surface area contributed by atoms with Gasteiger partial charge >= 0.3 is 6.03 Å². The minimum absolute atomic E-state index is 0.0297. The number of urea groups is 1. The maximum absolute atomic E-state index is 12.8. The molecule has 0 bridgehead atoms. The molecule has 2 saturated heterocycles. The van der Waals surface area contributed by atoms with Gasteiger partial charge in [0.05, 0.1) is 23.6 Å². The highest BCUT2D eigenvalue weighted by atomic mass is 32.2. The first kappa shape index (κ1) is 17.5. The van der Waals surface area contributed by atoms with Crippen molar-refractivity contribution in [3.63, 3.8) is 0 Å². The van der Waals surface area contributed by atoms with E-state index >= 15 is 0 Å². The minimum atomic E-state index is -3.37. The molecule has 0 aromatic carbocycles. The first-order valence-corrected chi connectivity index (χ1v) is 9.70. The molecule has 0 radical (unpaired) electrons. The normalized spacial score (nSPS) is 24.7. The number of nitrogens with zero attached hydrogens (tertiary/aromatic N) is 3. The van der Waals surface area contributed by atoms with Crippen molar-refractivity contribution in [3.05, 3.63) is 34.2 Å². The van der Waals surface area contributed by atoms with Crippen LogP contribution in [0.5, 0.6) is 0 Å². The third kappa shape index (κ3) is 3.13. The Hall–Kier alpha value is -2.36. The summed E-state index contributed by atoms with van der Waals surface area (Å²) in [6.45, 7) is 0.410. The van der Waals surface area contributed by atoms with E-state index in [0.717, 1.165) is 0 Å². The van der Waals surface area contributed by atoms with Crippen molar-refractivity contribution >= 4 is 21.8 Å². The van der Waals surface area contributed by atoms with Crippen LogP contribution in [0.15, 0.2) is 23.1 Å². The molecule has 3 amide bonds. The maximum atomic E-state index is 12.8. The highest BCUT2D eigenvalue weighted by molar-refractivity contribution is 7.91. The maximum Gasteiger partial charge on any atom is 0.319 e. The Bertz CT molecular complexity index is 863. The number of fused-ring (bicyclic) bond motifs is 1. The number of aromatic amines is 1. The number of hydrogen-bond donors (Lipinski definition) is 1. The molecule has 1 aromatic heterocycles. The summed E-state index contributed by atoms with van der Waals surface area (Å²) < 4.78 is 24.3. The monoisotopic (exact) mass is 368 g/mol. The molecule has 3 heterocycles. The molecule has 0 spiro atoms. The zero-order valence-electron chi connectivity index (χ0n) is 14.0. The van der Waals surface area contributed by atoms with E-state index in [1.165, 1.54) is 27.0 Å². The Morgan fingerprint density at radius 2 is 1.76 bits per heavy atom. The molecule has 0 saturated carbocycles. The van der Waals surface area contributed by atoms with Crippen LogP contribution >= 0.6 is 0 Å². The molecule has 1 N–H and O–H groups in total. The van der Waals surface area contributed by atoms with Gasteiger partial charge in [0, 0.05) is 33.4 Å². The largest absolute Gasteiger partial charge is 0.331 e. The molecule has 9 nitrogen and oxygen atoms in total. The van der Waals surface area contributed by atoms with Crippen LogP contribution in [0.4, 0.5) is 4.79 Å². The summed E-state index contributed by atoms with van der Waals surface area (Å²) >= 11 is 0. The molecule has 2 fully saturated rings. The van der Waals surface area contributed by atoms with Crippen LogP contribution in [-0.2, 0) is 9.84 Å². The molecular formula is C15H20N4O5S. The number of nitrogens with one attached hydrogen (secondary N) is 1. The summed E-state index contributed by atoms with van der Waals surface area (Å²) in [5.74, 6) is -0.886. The molecular weight excluding hydrogens is 348 g/mol. The predicted octanol–water partition coefficient (Wildman–Crippen LogP) is -1.02. The van der Waals surface area contributed by atoms with Crippen molar-refractivity contribution in [1.29, 1.82) is 0 Å². The zero-order chi connectivity index (χ0) is 18.4. The van der Waals surface area contributed by atoms with Gasteiger partial charge in [-0.05, 0) is 12.1 Å². The number of sulfone groups is 1. The predicted molar refractivity (Wildman–Crippen MR) is 90.1 cm³/mol. The van der Waals surface area contributed by atoms with Crippen molar-refractivity contribution in [1.82, 2.24) is 19.7 Å². The molecule has 2 aliphatic heterocycles. The van der Waals surface area contributed by atoms with Gasteiger partial charge in [0.15, 0.2) is 9.84 Å². The SMILES string of the molecule is CN(C)C(=O)N1CCN(C(=O)c2ccc[nH]c2=O)[C@H]2CS(=O)(=O)C[C@H]21. The number of pyridine rings is 1.